The zero-order valence-corrected chi connectivity index (χ0v) is 33.3. The van der Waals surface area contributed by atoms with Crippen molar-refractivity contribution in [3.63, 3.8) is 0 Å². The maximum absolute atomic E-state index is 10.4. The van der Waals surface area contributed by atoms with E-state index < -0.39 is 87.9 Å². The van der Waals surface area contributed by atoms with Gasteiger partial charge in [-0.15, -0.1) is 0 Å². The topological polar surface area (TPSA) is 345 Å². The molecule has 18 nitrogen and oxygen atoms in total. The molecule has 2 aromatic rings. The average Bonchev–Trinajstić information content (AvgIpc) is 2.61. The third-order valence-corrected chi connectivity index (χ3v) is 4.37. The predicted molar refractivity (Wildman–Crippen MR) is 122 cm³/mol. The summed E-state index contributed by atoms with van der Waals surface area (Å²) in [5.41, 5.74) is 0. The first-order chi connectivity index (χ1) is 18.4. The maximum atomic E-state index is 10.4. The first-order valence-electron chi connectivity index (χ1n) is 8.71. The van der Waals surface area contributed by atoms with Crippen LogP contribution in [0, 0.1) is 7.14 Å². The molecule has 0 spiro atoms. The molecular weight excluding hydrogens is 1120 g/mol. The summed E-state index contributed by atoms with van der Waals surface area (Å²) in [6, 6.07) is 21.4. The SMILES string of the molecule is O=[As](O)(O)F.O=[As](O)(O)F.O=[As](O)(O)F.O=[As](O)(O)F.O=[As](O)(O)F.O=[As](O)(O)F.c1ccc([I-]c2ccccc2)cc1. The summed E-state index contributed by atoms with van der Waals surface area (Å²) in [6.07, 6.45) is 0. The standard InChI is InChI=1S/C12H10I.6AsFH2O3/c1-3-7-11(8-4-1)13-12-9-5-2-6-10-12;6*2-1(3,4)5/h1-10H;6*(H2,3,4,5)/q-1;;;;;;. The normalized spacial score (nSPS) is 11.3. The fourth-order valence-corrected chi connectivity index (χ4v) is 3.35. The Morgan fingerprint density at radius 2 is 0.465 bits per heavy atom. The van der Waals surface area contributed by atoms with Crippen LogP contribution in [0.15, 0.2) is 60.7 Å². The van der Waals surface area contributed by atoms with Crippen molar-refractivity contribution in [3.05, 3.63) is 67.8 Å². The molecule has 0 heterocycles. The number of rotatable bonds is 2. The van der Waals surface area contributed by atoms with E-state index in [9.17, 15) is 20.8 Å². The van der Waals surface area contributed by atoms with Crippen molar-refractivity contribution in [1.29, 1.82) is 0 Å². The van der Waals surface area contributed by atoms with Crippen LogP contribution in [-0.4, -0.2) is 137 Å². The van der Waals surface area contributed by atoms with Crippen LogP contribution >= 0.6 is 0 Å². The second kappa shape index (κ2) is 25.5. The van der Waals surface area contributed by atoms with E-state index in [1.165, 1.54) is 7.14 Å². The van der Waals surface area contributed by atoms with Crippen molar-refractivity contribution in [2.24, 2.45) is 0 Å². The minimum atomic E-state index is -5.62. The molecule has 2 aromatic carbocycles. The van der Waals surface area contributed by atoms with Crippen LogP contribution in [-0.2, 0) is 22.4 Å². The first kappa shape index (κ1) is 52.9. The van der Waals surface area contributed by atoms with Gasteiger partial charge in [-0.2, -0.15) is 0 Å². The van der Waals surface area contributed by atoms with Crippen molar-refractivity contribution in [1.82, 2.24) is 0 Å². The molecule has 2 rings (SSSR count). The van der Waals surface area contributed by atoms with Crippen LogP contribution in [0.2, 0.25) is 0 Å². The van der Waals surface area contributed by atoms with Gasteiger partial charge < -0.3 is 0 Å². The van der Waals surface area contributed by atoms with E-state index in [2.05, 4.69) is 60.7 Å². The molecule has 0 atom stereocenters. The summed E-state index contributed by atoms with van der Waals surface area (Å²) in [5, 5.41) is 0. The average molecular weight is 1140 g/mol. The molecule has 0 saturated heterocycles. The van der Waals surface area contributed by atoms with Gasteiger partial charge in [0.1, 0.15) is 0 Å². The molecule has 0 radical (unpaired) electrons. The van der Waals surface area contributed by atoms with Crippen molar-refractivity contribution in [2.45, 2.75) is 0 Å². The van der Waals surface area contributed by atoms with E-state index in [0.717, 1.165) is 0 Å². The van der Waals surface area contributed by atoms with Crippen LogP contribution in [0.4, 0.5) is 20.8 Å². The Kier molecular flexibility index (Phi) is 31.4. The molecular formula is C12H22As6F6IO18-. The Morgan fingerprint density at radius 3 is 0.581 bits per heavy atom. The van der Waals surface area contributed by atoms with Crippen molar-refractivity contribution >= 4 is 87.9 Å². The molecule has 31 heteroatoms. The Balaban J connectivity index is -0.000000139. The molecule has 0 saturated carbocycles. The van der Waals surface area contributed by atoms with Crippen LogP contribution in [0.1, 0.15) is 0 Å². The predicted octanol–water partition coefficient (Wildman–Crippen LogP) is -7.35. The Hall–Kier alpha value is 0.421. The molecule has 0 aliphatic heterocycles. The summed E-state index contributed by atoms with van der Waals surface area (Å²) in [6.45, 7) is 0. The zero-order valence-electron chi connectivity index (χ0n) is 19.9. The number of benzene rings is 2. The Labute approximate surface area is 266 Å². The van der Waals surface area contributed by atoms with Gasteiger partial charge in [0, 0.05) is 0 Å². The second-order valence-electron chi connectivity index (χ2n) is 5.52. The number of hydrogen-bond donors (Lipinski definition) is 12. The van der Waals surface area contributed by atoms with E-state index in [1.807, 2.05) is 0 Å². The minimum absolute atomic E-state index is 0.0287. The molecule has 0 bridgehead atoms. The van der Waals surface area contributed by atoms with Crippen molar-refractivity contribution in [2.75, 3.05) is 0 Å². The third kappa shape index (κ3) is 166. The second-order valence-corrected chi connectivity index (χ2v) is 20.5. The molecule has 258 valence electrons. The molecule has 12 N–H and O–H groups in total. The van der Waals surface area contributed by atoms with Gasteiger partial charge in [-0.3, -0.25) is 0 Å². The number of halogens is 7. The summed E-state index contributed by atoms with van der Waals surface area (Å²) < 4.78 is 202. The van der Waals surface area contributed by atoms with Gasteiger partial charge in [-0.25, -0.2) is 0 Å². The first-order valence-corrected chi connectivity index (χ1v) is 29.8. The molecule has 0 aliphatic rings. The van der Waals surface area contributed by atoms with Crippen molar-refractivity contribution in [3.8, 4) is 0 Å². The molecule has 0 amide bonds. The van der Waals surface area contributed by atoms with E-state index in [1.54, 1.807) is 0 Å². The molecule has 43 heavy (non-hydrogen) atoms. The summed E-state index contributed by atoms with van der Waals surface area (Å²) in [5.74, 6) is 0. The Bertz CT molecular complexity index is 1020. The van der Waals surface area contributed by atoms with Gasteiger partial charge in [0.15, 0.2) is 0 Å². The third-order valence-electron chi connectivity index (χ3n) is 1.68. The van der Waals surface area contributed by atoms with Crippen molar-refractivity contribution < 1.29 is 114 Å². The van der Waals surface area contributed by atoms with E-state index in [4.69, 9.17) is 71.6 Å². The van der Waals surface area contributed by atoms with Crippen LogP contribution in [0.3, 0.4) is 0 Å². The zero-order chi connectivity index (χ0) is 35.9. The quantitative estimate of drug-likeness (QED) is 0.0755. The van der Waals surface area contributed by atoms with Crippen LogP contribution < -0.4 is 21.2 Å². The van der Waals surface area contributed by atoms with E-state index in [0.29, 0.717) is 0 Å². The molecule has 0 aromatic heterocycles. The summed E-state index contributed by atoms with van der Waals surface area (Å²) in [7, 11) is 0. The molecule has 0 aliphatic carbocycles. The fraction of sp³-hybridized carbons (Fsp3) is 0. The van der Waals surface area contributed by atoms with Crippen LogP contribution in [0.25, 0.3) is 0 Å². The molecule has 0 unspecified atom stereocenters. The van der Waals surface area contributed by atoms with Gasteiger partial charge in [-0.1, -0.05) is 0 Å². The van der Waals surface area contributed by atoms with Gasteiger partial charge in [0.2, 0.25) is 0 Å². The van der Waals surface area contributed by atoms with Gasteiger partial charge >= 0.3 is 269 Å². The van der Waals surface area contributed by atoms with Gasteiger partial charge in [0.05, 0.1) is 0 Å². The van der Waals surface area contributed by atoms with Crippen LogP contribution in [0.5, 0.6) is 0 Å². The Morgan fingerprint density at radius 1 is 0.349 bits per heavy atom. The van der Waals surface area contributed by atoms with E-state index in [-0.39, 0.29) is 21.2 Å². The van der Waals surface area contributed by atoms with Gasteiger partial charge in [0.25, 0.3) is 0 Å². The summed E-state index contributed by atoms with van der Waals surface area (Å²) in [4.78, 5) is 0. The monoisotopic (exact) mass is 1140 g/mol. The van der Waals surface area contributed by atoms with E-state index >= 15 is 0 Å². The fourth-order valence-electron chi connectivity index (χ4n) is 1.08. The summed E-state index contributed by atoms with van der Waals surface area (Å²) >= 11 is -33.7. The number of hydrogen-bond acceptors (Lipinski definition) is 6. The van der Waals surface area contributed by atoms with Gasteiger partial charge in [-0.05, 0) is 0 Å². The molecule has 0 fully saturated rings.